The van der Waals surface area contributed by atoms with E-state index in [1.807, 2.05) is 0 Å². The lowest BCUT2D eigenvalue weighted by Gasteiger charge is -2.04. The van der Waals surface area contributed by atoms with E-state index in [2.05, 4.69) is 15.8 Å². The van der Waals surface area contributed by atoms with Gasteiger partial charge in [-0.25, -0.2) is 0 Å². The topological polar surface area (TPSA) is 91.1 Å². The summed E-state index contributed by atoms with van der Waals surface area (Å²) >= 11 is 1.27. The summed E-state index contributed by atoms with van der Waals surface area (Å²) in [6.45, 7) is 1.41. The van der Waals surface area contributed by atoms with Crippen LogP contribution in [0, 0.1) is 0 Å². The number of Topliss-reactive ketones (excluding diaryl/α,β-unsaturated/α-hetero) is 1. The highest BCUT2D eigenvalue weighted by atomic mass is 32.1. The van der Waals surface area contributed by atoms with Crippen molar-refractivity contribution >= 4 is 28.9 Å². The number of nitrogens with one attached hydrogen (secondary N) is 3. The molecule has 0 fully saturated rings. The Hall–Kier alpha value is -2.41. The van der Waals surface area contributed by atoms with E-state index >= 15 is 0 Å². The molecule has 0 atom stereocenters. The van der Waals surface area contributed by atoms with E-state index in [-0.39, 0.29) is 17.4 Å². The Morgan fingerprint density at radius 1 is 1.21 bits per heavy atom. The second-order valence-corrected chi connectivity index (χ2v) is 4.69. The van der Waals surface area contributed by atoms with Crippen LogP contribution in [0.3, 0.4) is 0 Å². The number of aromatic nitrogens is 1. The van der Waals surface area contributed by atoms with E-state index < -0.39 is 5.91 Å². The van der Waals surface area contributed by atoms with Crippen molar-refractivity contribution in [2.45, 2.75) is 6.92 Å². The van der Waals surface area contributed by atoms with Gasteiger partial charge in [-0.3, -0.25) is 25.2 Å². The quantitative estimate of drug-likeness (QED) is 0.584. The summed E-state index contributed by atoms with van der Waals surface area (Å²) in [4.78, 5) is 37.5. The lowest BCUT2D eigenvalue weighted by Crippen LogP contribution is -2.41. The van der Waals surface area contributed by atoms with Gasteiger partial charge in [0.25, 0.3) is 11.8 Å². The van der Waals surface area contributed by atoms with Crippen molar-refractivity contribution < 1.29 is 14.4 Å². The molecule has 0 spiro atoms. The zero-order chi connectivity index (χ0) is 13.8. The average molecular weight is 277 g/mol. The summed E-state index contributed by atoms with van der Waals surface area (Å²) in [5.74, 6) is -1.04. The molecule has 98 valence electrons. The SMILES string of the molecule is CC(=O)c1c[nH]c(C(=O)NNC(=O)c2cccs2)c1. The van der Waals surface area contributed by atoms with Gasteiger partial charge in [0, 0.05) is 11.8 Å². The number of amides is 2. The van der Waals surface area contributed by atoms with Gasteiger partial charge >= 0.3 is 0 Å². The molecule has 3 N–H and O–H groups in total. The van der Waals surface area contributed by atoms with Crippen LogP contribution >= 0.6 is 11.3 Å². The number of carbonyl (C=O) groups excluding carboxylic acids is 3. The molecule has 19 heavy (non-hydrogen) atoms. The average Bonchev–Trinajstić information content (AvgIpc) is 3.05. The van der Waals surface area contributed by atoms with Crippen LogP contribution in [0.5, 0.6) is 0 Å². The zero-order valence-corrected chi connectivity index (χ0v) is 10.8. The normalized spacial score (nSPS) is 9.95. The number of aromatic amines is 1. The summed E-state index contributed by atoms with van der Waals surface area (Å²) in [6.07, 6.45) is 1.44. The Morgan fingerprint density at radius 3 is 2.53 bits per heavy atom. The van der Waals surface area contributed by atoms with Gasteiger partial charge in [-0.2, -0.15) is 0 Å². The molecule has 6 nitrogen and oxygen atoms in total. The number of hydrazine groups is 1. The standard InChI is InChI=1S/C12H11N3O3S/c1-7(16)8-5-9(13-6-8)11(17)14-15-12(18)10-3-2-4-19-10/h2-6,13H,1H3,(H,14,17)(H,15,18). The molecule has 0 bridgehead atoms. The fraction of sp³-hybridized carbons (Fsp3) is 0.0833. The Kier molecular flexibility index (Phi) is 3.76. The van der Waals surface area contributed by atoms with Gasteiger partial charge in [0.05, 0.1) is 4.88 Å². The highest BCUT2D eigenvalue weighted by Crippen LogP contribution is 2.07. The highest BCUT2D eigenvalue weighted by Gasteiger charge is 2.12. The summed E-state index contributed by atoms with van der Waals surface area (Å²) in [5, 5.41) is 1.76. The molecule has 0 saturated heterocycles. The van der Waals surface area contributed by atoms with Gasteiger partial charge in [0.1, 0.15) is 5.69 Å². The van der Waals surface area contributed by atoms with Gasteiger partial charge in [-0.05, 0) is 24.4 Å². The monoisotopic (exact) mass is 277 g/mol. The maximum absolute atomic E-state index is 11.7. The van der Waals surface area contributed by atoms with Gasteiger partial charge in [-0.15, -0.1) is 11.3 Å². The summed E-state index contributed by atoms with van der Waals surface area (Å²) in [7, 11) is 0. The molecule has 0 radical (unpaired) electrons. The zero-order valence-electron chi connectivity index (χ0n) is 10.0. The van der Waals surface area contributed by atoms with Crippen molar-refractivity contribution in [3.8, 4) is 0 Å². The molecule has 0 aromatic carbocycles. The van der Waals surface area contributed by atoms with Crippen LogP contribution in [-0.2, 0) is 0 Å². The number of thiophene rings is 1. The molecule has 7 heteroatoms. The molecule has 2 rings (SSSR count). The molecule has 0 saturated carbocycles. The summed E-state index contributed by atoms with van der Waals surface area (Å²) in [6, 6.07) is 4.81. The van der Waals surface area contributed by atoms with E-state index in [4.69, 9.17) is 0 Å². The van der Waals surface area contributed by atoms with Crippen molar-refractivity contribution in [3.05, 3.63) is 45.9 Å². The number of rotatable bonds is 3. The minimum atomic E-state index is -0.516. The first-order chi connectivity index (χ1) is 9.08. The van der Waals surface area contributed by atoms with Crippen LogP contribution in [0.4, 0.5) is 0 Å². The first-order valence-electron chi connectivity index (χ1n) is 5.41. The Labute approximate surface area is 112 Å². The highest BCUT2D eigenvalue weighted by molar-refractivity contribution is 7.12. The molecule has 0 aliphatic carbocycles. The fourth-order valence-corrected chi connectivity index (χ4v) is 2.00. The van der Waals surface area contributed by atoms with Crippen LogP contribution in [0.2, 0.25) is 0 Å². The van der Waals surface area contributed by atoms with Crippen LogP contribution < -0.4 is 10.9 Å². The predicted molar refractivity (Wildman–Crippen MR) is 70.0 cm³/mol. The number of H-pyrrole nitrogens is 1. The molecule has 2 aromatic rings. The van der Waals surface area contributed by atoms with E-state index in [1.54, 1.807) is 17.5 Å². The van der Waals surface area contributed by atoms with Crippen LogP contribution in [-0.4, -0.2) is 22.6 Å². The molecule has 0 aliphatic rings. The van der Waals surface area contributed by atoms with Gasteiger partial charge in [-0.1, -0.05) is 6.07 Å². The Bertz CT molecular complexity index is 616. The van der Waals surface area contributed by atoms with Crippen LogP contribution in [0.1, 0.15) is 37.4 Å². The molecule has 2 aromatic heterocycles. The van der Waals surface area contributed by atoms with Crippen molar-refractivity contribution in [2.75, 3.05) is 0 Å². The van der Waals surface area contributed by atoms with E-state index in [1.165, 1.54) is 30.5 Å². The summed E-state index contributed by atoms with van der Waals surface area (Å²) in [5.41, 5.74) is 5.17. The van der Waals surface area contributed by atoms with Gasteiger partial charge in [0.15, 0.2) is 5.78 Å². The number of hydrogen-bond donors (Lipinski definition) is 3. The Morgan fingerprint density at radius 2 is 1.95 bits per heavy atom. The van der Waals surface area contributed by atoms with E-state index in [0.29, 0.717) is 10.4 Å². The number of ketones is 1. The maximum Gasteiger partial charge on any atom is 0.286 e. The Balaban J connectivity index is 1.94. The third-order valence-electron chi connectivity index (χ3n) is 2.37. The number of carbonyl (C=O) groups is 3. The molecule has 0 aliphatic heterocycles. The second-order valence-electron chi connectivity index (χ2n) is 3.74. The third-order valence-corrected chi connectivity index (χ3v) is 3.24. The lowest BCUT2D eigenvalue weighted by atomic mass is 10.2. The predicted octanol–water partition coefficient (Wildman–Crippen LogP) is 1.35. The summed E-state index contributed by atoms with van der Waals surface area (Å²) < 4.78 is 0. The van der Waals surface area contributed by atoms with Crippen molar-refractivity contribution in [1.29, 1.82) is 0 Å². The lowest BCUT2D eigenvalue weighted by molar-refractivity contribution is 0.0846. The van der Waals surface area contributed by atoms with Crippen molar-refractivity contribution in [2.24, 2.45) is 0 Å². The molecule has 0 unspecified atom stereocenters. The third kappa shape index (κ3) is 3.08. The van der Waals surface area contributed by atoms with Crippen molar-refractivity contribution in [3.63, 3.8) is 0 Å². The van der Waals surface area contributed by atoms with Gasteiger partial charge in [0.2, 0.25) is 0 Å². The van der Waals surface area contributed by atoms with Crippen LogP contribution in [0.25, 0.3) is 0 Å². The molecule has 2 heterocycles. The maximum atomic E-state index is 11.7. The molecular formula is C12H11N3O3S. The largest absolute Gasteiger partial charge is 0.356 e. The molecular weight excluding hydrogens is 266 g/mol. The van der Waals surface area contributed by atoms with Crippen molar-refractivity contribution in [1.82, 2.24) is 15.8 Å². The molecule has 2 amide bonds. The fourth-order valence-electron chi connectivity index (χ4n) is 1.38. The first-order valence-corrected chi connectivity index (χ1v) is 6.29. The van der Waals surface area contributed by atoms with Gasteiger partial charge < -0.3 is 4.98 Å². The second kappa shape index (κ2) is 5.49. The minimum absolute atomic E-state index is 0.141. The first kappa shape index (κ1) is 13.0. The smallest absolute Gasteiger partial charge is 0.286 e. The van der Waals surface area contributed by atoms with Crippen LogP contribution in [0.15, 0.2) is 29.8 Å². The number of hydrogen-bond acceptors (Lipinski definition) is 4. The van der Waals surface area contributed by atoms with E-state index in [9.17, 15) is 14.4 Å². The van der Waals surface area contributed by atoms with E-state index in [0.717, 1.165) is 0 Å². The minimum Gasteiger partial charge on any atom is -0.356 e.